The molecule has 152 valence electrons. The Kier molecular flexibility index (Phi) is 5.53. The molecule has 0 saturated carbocycles. The molecule has 3 aliphatic heterocycles. The average Bonchev–Trinajstić information content (AvgIpc) is 3.37. The number of ether oxygens (including phenoxy) is 1. The van der Waals surface area contributed by atoms with Crippen LogP contribution in [0.5, 0.6) is 0 Å². The Morgan fingerprint density at radius 3 is 2.79 bits per heavy atom. The Morgan fingerprint density at radius 1 is 1.25 bits per heavy atom. The van der Waals surface area contributed by atoms with E-state index >= 15 is 0 Å². The Bertz CT molecular complexity index is 732. The third-order valence-electron chi connectivity index (χ3n) is 6.38. The molecule has 3 atom stereocenters. The van der Waals surface area contributed by atoms with Crippen LogP contribution in [0.4, 0.5) is 5.82 Å². The van der Waals surface area contributed by atoms with E-state index in [1.807, 2.05) is 17.0 Å². The van der Waals surface area contributed by atoms with E-state index in [0.717, 1.165) is 51.3 Å². The zero-order valence-electron chi connectivity index (χ0n) is 16.8. The Morgan fingerprint density at radius 2 is 2.04 bits per heavy atom. The van der Waals surface area contributed by atoms with E-state index in [0.29, 0.717) is 30.4 Å². The van der Waals surface area contributed by atoms with E-state index in [1.54, 1.807) is 25.2 Å². The first-order valence-electron chi connectivity index (χ1n) is 10.4. The van der Waals surface area contributed by atoms with Crippen molar-refractivity contribution in [3.8, 4) is 0 Å². The Labute approximate surface area is 166 Å². The third-order valence-corrected chi connectivity index (χ3v) is 6.38. The maximum atomic E-state index is 13.0. The van der Waals surface area contributed by atoms with Gasteiger partial charge in [0, 0.05) is 52.4 Å². The van der Waals surface area contributed by atoms with Crippen LogP contribution in [0, 0.1) is 11.8 Å². The fraction of sp³-hybridized carbons (Fsp3) is 0.667. The first kappa shape index (κ1) is 19.2. The summed E-state index contributed by atoms with van der Waals surface area (Å²) < 4.78 is 5.99. The second-order valence-electron chi connectivity index (χ2n) is 8.40. The van der Waals surface area contributed by atoms with E-state index < -0.39 is 0 Å². The number of carbonyl (C=O) groups excluding carboxylic acids is 2. The average molecular weight is 386 g/mol. The minimum Gasteiger partial charge on any atom is -0.377 e. The molecule has 1 aromatic heterocycles. The van der Waals surface area contributed by atoms with E-state index in [1.165, 1.54) is 0 Å². The van der Waals surface area contributed by atoms with Gasteiger partial charge < -0.3 is 19.4 Å². The summed E-state index contributed by atoms with van der Waals surface area (Å²) in [7, 11) is 3.58. The van der Waals surface area contributed by atoms with Crippen molar-refractivity contribution in [3.63, 3.8) is 0 Å². The number of pyridine rings is 1. The van der Waals surface area contributed by atoms with Gasteiger partial charge >= 0.3 is 0 Å². The number of likely N-dealkylation sites (tertiary alicyclic amines) is 1. The van der Waals surface area contributed by atoms with Gasteiger partial charge in [0.2, 0.25) is 5.91 Å². The minimum atomic E-state index is 0.0106. The highest BCUT2D eigenvalue weighted by atomic mass is 16.5. The van der Waals surface area contributed by atoms with Crippen LogP contribution < -0.4 is 4.90 Å². The van der Waals surface area contributed by atoms with Crippen LogP contribution in [0.2, 0.25) is 0 Å². The normalized spacial score (nSPS) is 27.0. The summed E-state index contributed by atoms with van der Waals surface area (Å²) in [6.07, 6.45) is 5.36. The lowest BCUT2D eigenvalue weighted by molar-refractivity contribution is -0.131. The number of amides is 2. The molecule has 0 bridgehead atoms. The summed E-state index contributed by atoms with van der Waals surface area (Å²) in [6.45, 7) is 4.03. The molecule has 7 heteroatoms. The van der Waals surface area contributed by atoms with E-state index in [9.17, 15) is 9.59 Å². The fourth-order valence-electron chi connectivity index (χ4n) is 4.75. The molecule has 3 aliphatic rings. The molecule has 0 N–H and O–H groups in total. The van der Waals surface area contributed by atoms with Gasteiger partial charge in [0.1, 0.15) is 5.82 Å². The second-order valence-corrected chi connectivity index (χ2v) is 8.40. The smallest absolute Gasteiger partial charge is 0.257 e. The van der Waals surface area contributed by atoms with Gasteiger partial charge in [-0.05, 0) is 37.3 Å². The zero-order valence-corrected chi connectivity index (χ0v) is 16.8. The number of anilines is 1. The highest BCUT2D eigenvalue weighted by molar-refractivity contribution is 5.99. The van der Waals surface area contributed by atoms with Gasteiger partial charge in [-0.1, -0.05) is 0 Å². The summed E-state index contributed by atoms with van der Waals surface area (Å²) in [5.41, 5.74) is 0.709. The van der Waals surface area contributed by atoms with Gasteiger partial charge in [0.25, 0.3) is 5.91 Å². The van der Waals surface area contributed by atoms with Gasteiger partial charge in [-0.3, -0.25) is 9.59 Å². The predicted molar refractivity (Wildman–Crippen MR) is 106 cm³/mol. The number of piperidine rings is 1. The zero-order chi connectivity index (χ0) is 19.7. The van der Waals surface area contributed by atoms with Gasteiger partial charge in [-0.15, -0.1) is 0 Å². The van der Waals surface area contributed by atoms with Crippen molar-refractivity contribution >= 4 is 17.6 Å². The molecule has 0 unspecified atom stereocenters. The quantitative estimate of drug-likeness (QED) is 0.787. The highest BCUT2D eigenvalue weighted by Crippen LogP contribution is 2.38. The first-order valence-corrected chi connectivity index (χ1v) is 10.4. The molecule has 28 heavy (non-hydrogen) atoms. The summed E-state index contributed by atoms with van der Waals surface area (Å²) in [6, 6.07) is 3.75. The number of hydrogen-bond acceptors (Lipinski definition) is 5. The van der Waals surface area contributed by atoms with Crippen LogP contribution in [0.15, 0.2) is 18.3 Å². The SMILES string of the molecule is CN(C)C(=O)C[C@@H]1OC[C@H]2CN(c3ncccc3C(=O)N3CCCC3)CC[C@H]21. The predicted octanol–water partition coefficient (Wildman–Crippen LogP) is 1.64. The van der Waals surface area contributed by atoms with Gasteiger partial charge in [0.15, 0.2) is 0 Å². The monoisotopic (exact) mass is 386 g/mol. The van der Waals surface area contributed by atoms with Crippen LogP contribution in [-0.4, -0.2) is 79.6 Å². The number of hydrogen-bond donors (Lipinski definition) is 0. The van der Waals surface area contributed by atoms with Crippen LogP contribution >= 0.6 is 0 Å². The largest absolute Gasteiger partial charge is 0.377 e. The molecule has 4 heterocycles. The van der Waals surface area contributed by atoms with Crippen LogP contribution in [0.1, 0.15) is 36.0 Å². The molecule has 0 aromatic carbocycles. The molecule has 0 aliphatic carbocycles. The lowest BCUT2D eigenvalue weighted by Gasteiger charge is -2.37. The number of aromatic nitrogens is 1. The van der Waals surface area contributed by atoms with Crippen LogP contribution in [0.3, 0.4) is 0 Å². The van der Waals surface area contributed by atoms with Crippen molar-refractivity contribution in [1.29, 1.82) is 0 Å². The molecule has 2 amide bonds. The lowest BCUT2D eigenvalue weighted by Crippen LogP contribution is -2.43. The van der Waals surface area contributed by atoms with E-state index in [-0.39, 0.29) is 17.9 Å². The fourth-order valence-corrected chi connectivity index (χ4v) is 4.75. The highest BCUT2D eigenvalue weighted by Gasteiger charge is 2.42. The standard InChI is InChI=1S/C21H30N4O3/c1-23(2)19(26)12-18-16-7-11-25(13-15(16)14-28-18)20-17(6-5-8-22-20)21(27)24-9-3-4-10-24/h5-6,8,15-16,18H,3-4,7,9-14H2,1-2H3/t15-,16-,18+/m1/s1. The molecule has 3 saturated heterocycles. The second kappa shape index (κ2) is 8.07. The molecule has 0 radical (unpaired) electrons. The molecule has 7 nitrogen and oxygen atoms in total. The summed E-state index contributed by atoms with van der Waals surface area (Å²) in [5, 5.41) is 0. The molecule has 1 aromatic rings. The third kappa shape index (κ3) is 3.72. The maximum Gasteiger partial charge on any atom is 0.257 e. The van der Waals surface area contributed by atoms with Crippen molar-refractivity contribution in [2.45, 2.75) is 31.8 Å². The Hall–Kier alpha value is -2.15. The van der Waals surface area contributed by atoms with Crippen molar-refractivity contribution in [2.75, 3.05) is 51.8 Å². The van der Waals surface area contributed by atoms with Gasteiger partial charge in [-0.25, -0.2) is 4.98 Å². The number of carbonyl (C=O) groups is 2. The summed E-state index contributed by atoms with van der Waals surface area (Å²) in [5.74, 6) is 1.80. The van der Waals surface area contributed by atoms with Crippen molar-refractivity contribution < 1.29 is 14.3 Å². The lowest BCUT2D eigenvalue weighted by atomic mass is 9.83. The van der Waals surface area contributed by atoms with Crippen molar-refractivity contribution in [1.82, 2.24) is 14.8 Å². The topological polar surface area (TPSA) is 66.0 Å². The molecular weight excluding hydrogens is 356 g/mol. The first-order chi connectivity index (χ1) is 13.5. The molecular formula is C21H30N4O3. The Balaban J connectivity index is 1.45. The van der Waals surface area contributed by atoms with Crippen molar-refractivity contribution in [2.24, 2.45) is 11.8 Å². The van der Waals surface area contributed by atoms with E-state index in [2.05, 4.69) is 9.88 Å². The summed E-state index contributed by atoms with van der Waals surface area (Å²) in [4.78, 5) is 35.4. The van der Waals surface area contributed by atoms with E-state index in [4.69, 9.17) is 4.74 Å². The molecule has 4 rings (SSSR count). The van der Waals surface area contributed by atoms with Gasteiger partial charge in [0.05, 0.1) is 24.7 Å². The number of nitrogens with zero attached hydrogens (tertiary/aromatic N) is 4. The minimum absolute atomic E-state index is 0.0106. The molecule has 0 spiro atoms. The number of rotatable bonds is 4. The van der Waals surface area contributed by atoms with Crippen LogP contribution in [0.25, 0.3) is 0 Å². The van der Waals surface area contributed by atoms with Crippen LogP contribution in [-0.2, 0) is 9.53 Å². The van der Waals surface area contributed by atoms with Gasteiger partial charge in [-0.2, -0.15) is 0 Å². The number of fused-ring (bicyclic) bond motifs is 1. The molecule has 3 fully saturated rings. The maximum absolute atomic E-state index is 13.0. The summed E-state index contributed by atoms with van der Waals surface area (Å²) >= 11 is 0. The van der Waals surface area contributed by atoms with Crippen molar-refractivity contribution in [3.05, 3.63) is 23.9 Å².